The monoisotopic (exact) mass is 410 g/mol. The van der Waals surface area contributed by atoms with Gasteiger partial charge in [-0.25, -0.2) is 14.8 Å². The van der Waals surface area contributed by atoms with Crippen molar-refractivity contribution >= 4 is 29.5 Å². The molecule has 5 rings (SSSR count). The van der Waals surface area contributed by atoms with E-state index >= 15 is 0 Å². The number of hydrogen-bond acceptors (Lipinski definition) is 8. The van der Waals surface area contributed by atoms with E-state index in [1.54, 1.807) is 11.1 Å². The van der Waals surface area contributed by atoms with Gasteiger partial charge in [-0.1, -0.05) is 13.0 Å². The van der Waals surface area contributed by atoms with E-state index < -0.39 is 0 Å². The highest BCUT2D eigenvalue weighted by molar-refractivity contribution is 5.89. The van der Waals surface area contributed by atoms with Gasteiger partial charge in [0.2, 0.25) is 5.95 Å². The van der Waals surface area contributed by atoms with E-state index in [1.807, 2.05) is 25.1 Å². The van der Waals surface area contributed by atoms with Crippen LogP contribution in [0.25, 0.3) is 0 Å². The van der Waals surface area contributed by atoms with Gasteiger partial charge < -0.3 is 20.1 Å². The standard InChI is InChI=1S/C21H26N6O3/c1-12-10-29-19(28)26(12)15-6-5-7-16(24-15)27-14-8-20(2,3)30-11-21(14,4)13-9-23-18(22)25-17(13)27/h5-7,9,12,14H,8,10-11H2,1-4H3,(H2,22,23,25)/t12-,14-,21-/m0/s1. The normalized spacial score (nSPS) is 29.5. The first-order valence-electron chi connectivity index (χ1n) is 10.2. The van der Waals surface area contributed by atoms with Gasteiger partial charge in [0.15, 0.2) is 0 Å². The van der Waals surface area contributed by atoms with Crippen molar-refractivity contribution in [3.63, 3.8) is 0 Å². The van der Waals surface area contributed by atoms with Crippen LogP contribution in [-0.2, 0) is 14.9 Å². The molecule has 0 radical (unpaired) electrons. The summed E-state index contributed by atoms with van der Waals surface area (Å²) in [6.45, 7) is 9.22. The SMILES string of the molecule is C[C@H]1COC(=O)N1c1cccc(N2c3nc(N)ncc3[C@]3(C)COC(C)(C)C[C@H]23)n1. The van der Waals surface area contributed by atoms with E-state index in [2.05, 4.69) is 35.6 Å². The van der Waals surface area contributed by atoms with Gasteiger partial charge in [0.05, 0.1) is 24.3 Å². The molecule has 2 aromatic heterocycles. The summed E-state index contributed by atoms with van der Waals surface area (Å²) < 4.78 is 11.4. The van der Waals surface area contributed by atoms with Gasteiger partial charge in [0, 0.05) is 17.2 Å². The van der Waals surface area contributed by atoms with Gasteiger partial charge in [0.1, 0.15) is 24.1 Å². The summed E-state index contributed by atoms with van der Waals surface area (Å²) in [5.74, 6) is 2.24. The van der Waals surface area contributed by atoms with Crippen molar-refractivity contribution < 1.29 is 14.3 Å². The molecule has 0 bridgehead atoms. The second kappa shape index (κ2) is 6.28. The fourth-order valence-corrected chi connectivity index (χ4v) is 4.73. The number of fused-ring (bicyclic) bond motifs is 3. The molecule has 2 aromatic rings. The quantitative estimate of drug-likeness (QED) is 0.805. The molecule has 9 heteroatoms. The fourth-order valence-electron chi connectivity index (χ4n) is 4.73. The highest BCUT2D eigenvalue weighted by Crippen LogP contribution is 2.52. The molecule has 3 atom stereocenters. The van der Waals surface area contributed by atoms with E-state index in [0.29, 0.717) is 24.8 Å². The number of hydrogen-bond donors (Lipinski definition) is 1. The molecule has 3 aliphatic heterocycles. The Morgan fingerprint density at radius 1 is 1.17 bits per heavy atom. The number of nitrogens with zero attached hydrogens (tertiary/aromatic N) is 5. The highest BCUT2D eigenvalue weighted by Gasteiger charge is 2.55. The van der Waals surface area contributed by atoms with Gasteiger partial charge in [-0.05, 0) is 39.3 Å². The summed E-state index contributed by atoms with van der Waals surface area (Å²) in [4.78, 5) is 29.6. The van der Waals surface area contributed by atoms with Crippen LogP contribution in [0.15, 0.2) is 24.4 Å². The second-order valence-electron chi connectivity index (χ2n) is 9.17. The lowest BCUT2D eigenvalue weighted by atomic mass is 9.73. The summed E-state index contributed by atoms with van der Waals surface area (Å²) >= 11 is 0. The maximum atomic E-state index is 12.2. The Kier molecular flexibility index (Phi) is 3.99. The molecule has 5 heterocycles. The Morgan fingerprint density at radius 2 is 1.90 bits per heavy atom. The average molecular weight is 410 g/mol. The van der Waals surface area contributed by atoms with Crippen molar-refractivity contribution in [1.29, 1.82) is 0 Å². The van der Waals surface area contributed by atoms with Crippen LogP contribution >= 0.6 is 0 Å². The van der Waals surface area contributed by atoms with Crippen LogP contribution in [0.3, 0.4) is 0 Å². The molecule has 0 aliphatic carbocycles. The third kappa shape index (κ3) is 2.72. The highest BCUT2D eigenvalue weighted by atomic mass is 16.6. The molecule has 9 nitrogen and oxygen atoms in total. The number of amides is 1. The number of rotatable bonds is 2. The van der Waals surface area contributed by atoms with E-state index in [4.69, 9.17) is 20.2 Å². The third-order valence-electron chi connectivity index (χ3n) is 6.42. The maximum absolute atomic E-state index is 12.2. The predicted molar refractivity (Wildman–Crippen MR) is 112 cm³/mol. The van der Waals surface area contributed by atoms with Crippen LogP contribution in [0.4, 0.5) is 28.2 Å². The topological polar surface area (TPSA) is 107 Å². The lowest BCUT2D eigenvalue weighted by Gasteiger charge is -2.46. The molecule has 0 unspecified atom stereocenters. The summed E-state index contributed by atoms with van der Waals surface area (Å²) in [5.41, 5.74) is 6.37. The van der Waals surface area contributed by atoms with E-state index in [-0.39, 0.29) is 35.1 Å². The number of carbonyl (C=O) groups excluding carboxylic acids is 1. The van der Waals surface area contributed by atoms with Crippen LogP contribution < -0.4 is 15.5 Å². The second-order valence-corrected chi connectivity index (χ2v) is 9.17. The van der Waals surface area contributed by atoms with Gasteiger partial charge in [-0.15, -0.1) is 0 Å². The van der Waals surface area contributed by atoms with Crippen molar-refractivity contribution in [2.75, 3.05) is 28.7 Å². The van der Waals surface area contributed by atoms with E-state index in [0.717, 1.165) is 17.8 Å². The number of aromatic nitrogens is 3. The molecule has 158 valence electrons. The summed E-state index contributed by atoms with van der Waals surface area (Å²) in [5, 5.41) is 0. The number of ether oxygens (including phenoxy) is 2. The van der Waals surface area contributed by atoms with Crippen LogP contribution in [0.2, 0.25) is 0 Å². The number of carbonyl (C=O) groups is 1. The summed E-state index contributed by atoms with van der Waals surface area (Å²) in [6.07, 6.45) is 2.21. The first-order valence-corrected chi connectivity index (χ1v) is 10.2. The smallest absolute Gasteiger partial charge is 0.415 e. The summed E-state index contributed by atoms with van der Waals surface area (Å²) in [6, 6.07) is 5.66. The molecule has 1 amide bonds. The van der Waals surface area contributed by atoms with Crippen molar-refractivity contribution in [1.82, 2.24) is 15.0 Å². The molecular formula is C21H26N6O3. The van der Waals surface area contributed by atoms with E-state index in [9.17, 15) is 4.79 Å². The number of pyridine rings is 1. The largest absolute Gasteiger partial charge is 0.447 e. The van der Waals surface area contributed by atoms with Crippen LogP contribution in [0.5, 0.6) is 0 Å². The molecule has 0 aromatic carbocycles. The maximum Gasteiger partial charge on any atom is 0.415 e. The minimum absolute atomic E-state index is 0.0676. The molecule has 2 fully saturated rings. The van der Waals surface area contributed by atoms with Crippen molar-refractivity contribution in [2.45, 2.75) is 57.2 Å². The number of nitrogen functional groups attached to an aromatic ring is 1. The van der Waals surface area contributed by atoms with Crippen LogP contribution in [-0.4, -0.2) is 51.9 Å². The Morgan fingerprint density at radius 3 is 2.60 bits per heavy atom. The zero-order valence-electron chi connectivity index (χ0n) is 17.6. The van der Waals surface area contributed by atoms with Gasteiger partial charge in [0.25, 0.3) is 0 Å². The molecule has 0 saturated carbocycles. The van der Waals surface area contributed by atoms with Gasteiger partial charge >= 0.3 is 6.09 Å². The van der Waals surface area contributed by atoms with E-state index in [1.165, 1.54) is 0 Å². The minimum Gasteiger partial charge on any atom is -0.447 e. The molecular weight excluding hydrogens is 384 g/mol. The zero-order valence-corrected chi connectivity index (χ0v) is 17.6. The summed E-state index contributed by atoms with van der Waals surface area (Å²) in [7, 11) is 0. The predicted octanol–water partition coefficient (Wildman–Crippen LogP) is 2.78. The fraction of sp³-hybridized carbons (Fsp3) is 0.524. The Hall–Kier alpha value is -2.94. The van der Waals surface area contributed by atoms with Crippen molar-refractivity contribution in [2.24, 2.45) is 0 Å². The number of cyclic esters (lactones) is 1. The molecule has 3 aliphatic rings. The van der Waals surface area contributed by atoms with Crippen LogP contribution in [0, 0.1) is 0 Å². The molecule has 2 saturated heterocycles. The van der Waals surface area contributed by atoms with Crippen molar-refractivity contribution in [3.8, 4) is 0 Å². The number of nitrogens with two attached hydrogens (primary N) is 1. The third-order valence-corrected chi connectivity index (χ3v) is 6.42. The molecule has 2 N–H and O–H groups in total. The Labute approximate surface area is 175 Å². The Balaban J connectivity index is 1.64. The van der Waals surface area contributed by atoms with Gasteiger partial charge in [-0.2, -0.15) is 4.98 Å². The lowest BCUT2D eigenvalue weighted by molar-refractivity contribution is -0.0893. The molecule has 30 heavy (non-hydrogen) atoms. The average Bonchev–Trinajstić information content (AvgIpc) is 3.15. The zero-order chi connectivity index (χ0) is 21.3. The van der Waals surface area contributed by atoms with Crippen molar-refractivity contribution in [3.05, 3.63) is 30.0 Å². The minimum atomic E-state index is -0.377. The first-order chi connectivity index (χ1) is 14.2. The molecule has 0 spiro atoms. The number of anilines is 4. The Bertz CT molecular complexity index is 1030. The van der Waals surface area contributed by atoms with Gasteiger partial charge in [-0.3, -0.25) is 4.90 Å². The lowest BCUT2D eigenvalue weighted by Crippen LogP contribution is -2.54. The van der Waals surface area contributed by atoms with Crippen LogP contribution in [0.1, 0.15) is 39.7 Å². The first kappa shape index (κ1) is 19.0.